The average molecular weight is 1480 g/mol. The van der Waals surface area contributed by atoms with Gasteiger partial charge in [-0.25, -0.2) is 39.9 Å². The molecular formula is C90H69Cu2N12P. The predicted molar refractivity (Wildman–Crippen MR) is 433 cm³/mol. The molecule has 18 rings (SSSR count). The van der Waals surface area contributed by atoms with Crippen LogP contribution in [0.2, 0.25) is 0 Å². The molecule has 8 bridgehead atoms. The Kier molecular flexibility index (Phi) is 20.8. The average Bonchev–Trinajstić information content (AvgIpc) is 1.69. The van der Waals surface area contributed by atoms with E-state index in [9.17, 15) is 0 Å². The van der Waals surface area contributed by atoms with Gasteiger partial charge in [-0.15, -0.1) is 9.24 Å². The van der Waals surface area contributed by atoms with Crippen LogP contribution < -0.4 is 19.6 Å². The second kappa shape index (κ2) is 31.2. The summed E-state index contributed by atoms with van der Waals surface area (Å²) in [6.45, 7) is 8.35. The van der Waals surface area contributed by atoms with Crippen LogP contribution in [0.5, 0.6) is 0 Å². The van der Waals surface area contributed by atoms with Crippen molar-refractivity contribution in [1.82, 2.24) is 0 Å². The molecule has 2 radical (unpaired) electrons. The van der Waals surface area contributed by atoms with Crippen LogP contribution in [0.15, 0.2) is 374 Å². The van der Waals surface area contributed by atoms with Gasteiger partial charge in [0.15, 0.2) is 46.7 Å². The molecule has 0 N–H and O–H groups in total. The third-order valence-corrected chi connectivity index (χ3v) is 18.3. The fourth-order valence-electron chi connectivity index (χ4n) is 13.5. The van der Waals surface area contributed by atoms with Gasteiger partial charge in [-0.3, -0.25) is 0 Å². The number of aliphatic imine (C=N–C) groups is 8. The first kappa shape index (κ1) is 70.0. The Balaban J connectivity index is 0.000000182. The van der Waals surface area contributed by atoms with Gasteiger partial charge in [0.2, 0.25) is 0 Å². The zero-order chi connectivity index (χ0) is 69.8. The Morgan fingerprint density at radius 2 is 0.314 bits per heavy atom. The molecule has 0 amide bonds. The summed E-state index contributed by atoms with van der Waals surface area (Å²) in [4.78, 5) is 48.6. The van der Waals surface area contributed by atoms with Crippen molar-refractivity contribution in [3.8, 4) is 0 Å². The van der Waals surface area contributed by atoms with E-state index in [0.717, 1.165) is 113 Å². The van der Waals surface area contributed by atoms with E-state index in [0.29, 0.717) is 46.7 Å². The Labute approximate surface area is 635 Å². The standard InChI is InChI=1S/C57H48N4.C32H16N8.CH5P.2Cu/c1-43-16-13-25-55(40-43)59(46-19-7-4-8-20-46)52-34-28-49(29-35-52)58(50-30-36-53(37-31-50)60(47-21-9-5-10-22-47)56-26-14-17-44(2)41-56)51-32-38-54(39-33-51)61(48-23-11-6-12-24-48)57-27-15-18-45(3)42-57;1-2-10-18-17(9-1)25-33-26(18)38-28-21-13-5-6-14-22(21)30(35-28)40-32-24-16-8-7-15-23(24)31(36-32)39-29-20-12-4-3-11-19(20)27(34-29)37-25;1-2;;/h4-42H,1-3H3;1-16H;2H2,1H3;;. The summed E-state index contributed by atoms with van der Waals surface area (Å²) in [7, 11) is 2.42. The zero-order valence-electron chi connectivity index (χ0n) is 57.8. The number of amidine groups is 8. The van der Waals surface area contributed by atoms with Gasteiger partial charge in [0.1, 0.15) is 0 Å². The predicted octanol–water partition coefficient (Wildman–Crippen LogP) is 21.8. The number of hydrogen-bond acceptors (Lipinski definition) is 12. The number of para-hydroxylation sites is 3. The normalized spacial score (nSPS) is 12.9. The van der Waals surface area contributed by atoms with E-state index in [1.165, 1.54) is 16.7 Å². The van der Waals surface area contributed by atoms with E-state index in [1.807, 2.05) is 104 Å². The van der Waals surface area contributed by atoms with Gasteiger partial charge < -0.3 is 19.6 Å². The van der Waals surface area contributed by atoms with Gasteiger partial charge in [-0.05, 0) is 183 Å². The summed E-state index contributed by atoms with van der Waals surface area (Å²) in [6, 6.07) is 116. The van der Waals surface area contributed by atoms with Crippen LogP contribution in [0, 0.1) is 20.8 Å². The second-order valence-corrected chi connectivity index (χ2v) is 25.1. The number of benzene rings is 13. The third-order valence-electron chi connectivity index (χ3n) is 18.3. The zero-order valence-corrected chi connectivity index (χ0v) is 60.8. The van der Waals surface area contributed by atoms with Crippen LogP contribution in [-0.2, 0) is 34.1 Å². The molecule has 0 aliphatic carbocycles. The largest absolute Gasteiger partial charge is 0.310 e. The quantitative estimate of drug-likeness (QED) is 0.0896. The van der Waals surface area contributed by atoms with Crippen molar-refractivity contribution in [3.63, 3.8) is 0 Å². The molecule has 0 fully saturated rings. The van der Waals surface area contributed by atoms with E-state index >= 15 is 0 Å². The van der Waals surface area contributed by atoms with Gasteiger partial charge >= 0.3 is 0 Å². The molecule has 0 saturated carbocycles. The van der Waals surface area contributed by atoms with E-state index in [2.05, 4.69) is 286 Å². The molecule has 13 aromatic rings. The first-order chi connectivity index (χ1) is 50.8. The number of nitrogens with zero attached hydrogens (tertiary/aromatic N) is 12. The minimum absolute atomic E-state index is 0. The van der Waals surface area contributed by atoms with Crippen molar-refractivity contribution in [2.75, 3.05) is 26.3 Å². The van der Waals surface area contributed by atoms with Crippen molar-refractivity contribution in [2.24, 2.45) is 39.9 Å². The fraction of sp³-hybridized carbons (Fsp3) is 0.0444. The maximum atomic E-state index is 4.95. The number of aryl methyl sites for hydroxylation is 3. The maximum absolute atomic E-state index is 4.95. The SMILES string of the molecule is CP.Cc1cccc(N(c2ccccc2)c2ccc(N(c3ccc(N(c4ccccc4)c4cccc(C)c4)cc3)c3ccc(N(c4ccccc4)c4cccc(C)c4)cc3)cc2)c1.[Cu].[Cu].c1ccc2c(c1)C1=NC2=NC2=NC(=NC3=NC(=NC4=NC(=N1)c1ccccc14)c1ccccc13)c1ccccc12. The molecule has 0 saturated heterocycles. The van der Waals surface area contributed by atoms with E-state index in [4.69, 9.17) is 39.9 Å². The van der Waals surface area contributed by atoms with Crippen LogP contribution >= 0.6 is 9.24 Å². The van der Waals surface area contributed by atoms with Crippen LogP contribution in [0.25, 0.3) is 0 Å². The number of anilines is 12. The Morgan fingerprint density at radius 1 is 0.171 bits per heavy atom. The summed E-state index contributed by atoms with van der Waals surface area (Å²) >= 11 is 0. The first-order valence-electron chi connectivity index (χ1n) is 34.3. The number of rotatable bonds is 12. The summed E-state index contributed by atoms with van der Waals surface area (Å²) in [5, 5.41) is 0. The molecule has 5 heterocycles. The molecule has 12 nitrogen and oxygen atoms in total. The molecule has 5 aliphatic heterocycles. The van der Waals surface area contributed by atoms with Crippen molar-refractivity contribution < 1.29 is 34.1 Å². The van der Waals surface area contributed by atoms with Gasteiger partial charge in [0.25, 0.3) is 0 Å². The van der Waals surface area contributed by atoms with Gasteiger partial charge in [-0.2, -0.15) is 0 Å². The van der Waals surface area contributed by atoms with Crippen molar-refractivity contribution in [1.29, 1.82) is 0 Å². The molecule has 1 atom stereocenters. The second-order valence-electron chi connectivity index (χ2n) is 25.1. The van der Waals surface area contributed by atoms with Crippen molar-refractivity contribution in [3.05, 3.63) is 395 Å². The topological polar surface area (TPSA) is 112 Å². The van der Waals surface area contributed by atoms with Gasteiger partial charge in [0, 0.05) is 147 Å². The molecule has 1 unspecified atom stereocenters. The van der Waals surface area contributed by atoms with Crippen LogP contribution in [0.1, 0.15) is 61.2 Å². The molecule has 15 heteroatoms. The molecule has 13 aromatic carbocycles. The molecule has 516 valence electrons. The summed E-state index contributed by atoms with van der Waals surface area (Å²) in [6.07, 6.45) is 0. The Bertz CT molecular complexity index is 5010. The van der Waals surface area contributed by atoms with Crippen LogP contribution in [-0.4, -0.2) is 53.3 Å². The number of fused-ring (bicyclic) bond motifs is 16. The minimum atomic E-state index is 0. The molecule has 5 aliphatic rings. The first-order valence-corrected chi connectivity index (χ1v) is 35.5. The van der Waals surface area contributed by atoms with Gasteiger partial charge in [-0.1, -0.05) is 195 Å². The number of hydrogen-bond donors (Lipinski definition) is 0. The molecule has 0 spiro atoms. The van der Waals surface area contributed by atoms with Crippen molar-refractivity contribution in [2.45, 2.75) is 20.8 Å². The van der Waals surface area contributed by atoms with E-state index in [-0.39, 0.29) is 34.1 Å². The summed E-state index contributed by atoms with van der Waals surface area (Å²) < 4.78 is 0. The smallest absolute Gasteiger partial charge is 0.164 e. The van der Waals surface area contributed by atoms with Crippen LogP contribution in [0.4, 0.5) is 68.2 Å². The molecule has 0 aromatic heterocycles. The Hall–Kier alpha value is -12.1. The summed E-state index contributed by atoms with van der Waals surface area (Å²) in [5.41, 5.74) is 23.9. The fourth-order valence-corrected chi connectivity index (χ4v) is 13.5. The van der Waals surface area contributed by atoms with E-state index < -0.39 is 0 Å². The molecular weight excluding hydrogens is 1410 g/mol. The Morgan fingerprint density at radius 3 is 0.486 bits per heavy atom. The van der Waals surface area contributed by atoms with Crippen LogP contribution in [0.3, 0.4) is 0 Å². The van der Waals surface area contributed by atoms with Crippen molar-refractivity contribution >= 4 is 124 Å². The minimum Gasteiger partial charge on any atom is -0.310 e. The third kappa shape index (κ3) is 14.3. The maximum Gasteiger partial charge on any atom is 0.164 e. The van der Waals surface area contributed by atoms with Gasteiger partial charge in [0.05, 0.1) is 0 Å². The molecule has 105 heavy (non-hydrogen) atoms. The van der Waals surface area contributed by atoms with E-state index in [1.54, 1.807) is 0 Å². The summed E-state index contributed by atoms with van der Waals surface area (Å²) in [5.74, 6) is 4.42. The monoisotopic (exact) mass is 1470 g/mol.